The third kappa shape index (κ3) is 4.28. The van der Waals surface area contributed by atoms with Gasteiger partial charge in [-0.25, -0.2) is 9.79 Å². The Labute approximate surface area is 175 Å². The Balaban J connectivity index is 1.93. The lowest BCUT2D eigenvalue weighted by Gasteiger charge is -2.12. The van der Waals surface area contributed by atoms with Crippen LogP contribution in [-0.2, 0) is 4.79 Å². The Morgan fingerprint density at radius 3 is 2.75 bits per heavy atom. The van der Waals surface area contributed by atoms with Gasteiger partial charge in [0.2, 0.25) is 0 Å². The molecule has 8 heteroatoms. The molecule has 0 spiro atoms. The van der Waals surface area contributed by atoms with Crippen LogP contribution in [0.2, 0.25) is 0 Å². The second kappa shape index (κ2) is 8.62. The average molecular weight is 461 g/mol. The Bertz CT molecular complexity index is 1000. The van der Waals surface area contributed by atoms with E-state index in [1.165, 1.54) is 23.9 Å². The summed E-state index contributed by atoms with van der Waals surface area (Å²) in [6.45, 7) is 2.33. The largest absolute Gasteiger partial charge is 0.496 e. The van der Waals surface area contributed by atoms with Gasteiger partial charge >= 0.3 is 5.97 Å². The molecule has 0 saturated carbocycles. The number of nitrogens with zero attached hydrogens (tertiary/aromatic N) is 2. The van der Waals surface area contributed by atoms with Crippen LogP contribution in [0.5, 0.6) is 5.75 Å². The Kier molecular flexibility index (Phi) is 6.21. The van der Waals surface area contributed by atoms with Gasteiger partial charge in [0.05, 0.1) is 27.7 Å². The molecule has 0 atom stereocenters. The fourth-order valence-electron chi connectivity index (χ4n) is 2.61. The molecule has 0 bridgehead atoms. The summed E-state index contributed by atoms with van der Waals surface area (Å²) in [5.41, 5.74) is 1.49. The van der Waals surface area contributed by atoms with E-state index in [2.05, 4.69) is 20.9 Å². The molecule has 1 aliphatic heterocycles. The van der Waals surface area contributed by atoms with Crippen molar-refractivity contribution in [2.45, 2.75) is 6.92 Å². The zero-order valence-corrected chi connectivity index (χ0v) is 17.6. The SMILES string of the molecule is CCN1C(=O)/C(=C\c2ccc(OC)c(Br)c2)SC1=Nc1cccc(C(=O)O)c1. The number of carbonyl (C=O) groups excluding carboxylic acids is 1. The molecule has 1 amide bonds. The maximum absolute atomic E-state index is 12.8. The summed E-state index contributed by atoms with van der Waals surface area (Å²) in [5, 5.41) is 9.66. The van der Waals surface area contributed by atoms with Crippen molar-refractivity contribution in [3.8, 4) is 5.75 Å². The van der Waals surface area contributed by atoms with Gasteiger partial charge in [-0.15, -0.1) is 0 Å². The molecule has 144 valence electrons. The minimum atomic E-state index is -1.02. The lowest BCUT2D eigenvalue weighted by Crippen LogP contribution is -2.28. The minimum absolute atomic E-state index is 0.132. The predicted octanol–water partition coefficient (Wildman–Crippen LogP) is 4.78. The molecule has 0 radical (unpaired) electrons. The van der Waals surface area contributed by atoms with Crippen molar-refractivity contribution in [2.24, 2.45) is 4.99 Å². The first-order valence-corrected chi connectivity index (χ1v) is 10.0. The van der Waals surface area contributed by atoms with Crippen LogP contribution in [0, 0.1) is 0 Å². The second-order valence-electron chi connectivity index (χ2n) is 5.80. The summed E-state index contributed by atoms with van der Waals surface area (Å²) >= 11 is 4.71. The molecule has 28 heavy (non-hydrogen) atoms. The normalized spacial score (nSPS) is 16.8. The number of carboxylic acids is 1. The highest BCUT2D eigenvalue weighted by atomic mass is 79.9. The van der Waals surface area contributed by atoms with Gasteiger partial charge in [0, 0.05) is 6.54 Å². The number of carboxylic acid groups (broad SMARTS) is 1. The minimum Gasteiger partial charge on any atom is -0.496 e. The van der Waals surface area contributed by atoms with Crippen molar-refractivity contribution in [1.29, 1.82) is 0 Å². The van der Waals surface area contributed by atoms with Crippen LogP contribution in [0.4, 0.5) is 5.69 Å². The number of amidine groups is 1. The first-order chi connectivity index (χ1) is 13.4. The molecule has 1 fully saturated rings. The first kappa shape index (κ1) is 20.2. The van der Waals surface area contributed by atoms with E-state index in [9.17, 15) is 9.59 Å². The van der Waals surface area contributed by atoms with Gasteiger partial charge < -0.3 is 9.84 Å². The molecule has 0 aromatic heterocycles. The number of hydrogen-bond acceptors (Lipinski definition) is 5. The zero-order valence-electron chi connectivity index (χ0n) is 15.2. The third-order valence-corrected chi connectivity index (χ3v) is 5.62. The lowest BCUT2D eigenvalue weighted by molar-refractivity contribution is -0.122. The number of hydrogen-bond donors (Lipinski definition) is 1. The van der Waals surface area contributed by atoms with Crippen LogP contribution >= 0.6 is 27.7 Å². The molecule has 1 heterocycles. The number of thioether (sulfide) groups is 1. The van der Waals surface area contributed by atoms with Crippen molar-refractivity contribution in [1.82, 2.24) is 4.90 Å². The third-order valence-electron chi connectivity index (χ3n) is 4.00. The molecule has 2 aromatic carbocycles. The van der Waals surface area contributed by atoms with Crippen LogP contribution in [0.25, 0.3) is 6.08 Å². The molecular formula is C20H17BrN2O4S. The molecule has 1 N–H and O–H groups in total. The molecule has 0 aliphatic carbocycles. The monoisotopic (exact) mass is 460 g/mol. The summed E-state index contributed by atoms with van der Waals surface area (Å²) in [5.74, 6) is -0.439. The van der Waals surface area contributed by atoms with E-state index in [0.29, 0.717) is 28.1 Å². The van der Waals surface area contributed by atoms with Crippen LogP contribution in [0.3, 0.4) is 0 Å². The highest BCUT2D eigenvalue weighted by Gasteiger charge is 2.32. The number of likely N-dealkylation sites (N-methyl/N-ethyl adjacent to an activating group) is 1. The van der Waals surface area contributed by atoms with Crippen molar-refractivity contribution in [3.63, 3.8) is 0 Å². The average Bonchev–Trinajstić information content (AvgIpc) is 2.96. The number of methoxy groups -OCH3 is 1. The standard InChI is InChI=1S/C20H17BrN2O4S/c1-3-23-18(24)17(10-12-7-8-16(27-2)15(21)9-12)28-20(23)22-14-6-4-5-13(11-14)19(25)26/h4-11H,3H2,1-2H3,(H,25,26)/b17-10+,22-20?. The van der Waals surface area contributed by atoms with Gasteiger partial charge in [0.15, 0.2) is 5.17 Å². The number of aliphatic imine (C=N–C) groups is 1. The van der Waals surface area contributed by atoms with Crippen LogP contribution in [0.1, 0.15) is 22.8 Å². The second-order valence-corrected chi connectivity index (χ2v) is 7.67. The molecule has 6 nitrogen and oxygen atoms in total. The van der Waals surface area contributed by atoms with E-state index in [-0.39, 0.29) is 11.5 Å². The Hall–Kier alpha value is -2.58. The number of benzene rings is 2. The van der Waals surface area contributed by atoms with Crippen molar-refractivity contribution in [3.05, 3.63) is 63.0 Å². The maximum atomic E-state index is 12.8. The molecule has 3 rings (SSSR count). The molecule has 2 aromatic rings. The van der Waals surface area contributed by atoms with E-state index in [1.807, 2.05) is 25.1 Å². The van der Waals surface area contributed by atoms with Crippen molar-refractivity contribution >= 4 is 56.5 Å². The van der Waals surface area contributed by atoms with E-state index in [4.69, 9.17) is 9.84 Å². The predicted molar refractivity (Wildman–Crippen MR) is 114 cm³/mol. The Morgan fingerprint density at radius 1 is 1.32 bits per heavy atom. The highest BCUT2D eigenvalue weighted by Crippen LogP contribution is 2.35. The zero-order chi connectivity index (χ0) is 20.3. The molecule has 0 unspecified atom stereocenters. The number of carbonyl (C=O) groups is 2. The quantitative estimate of drug-likeness (QED) is 0.649. The van der Waals surface area contributed by atoms with Gasteiger partial charge in [-0.2, -0.15) is 0 Å². The summed E-state index contributed by atoms with van der Waals surface area (Å²) < 4.78 is 6.02. The fourth-order valence-corrected chi connectivity index (χ4v) is 4.23. The van der Waals surface area contributed by atoms with Crippen molar-refractivity contribution in [2.75, 3.05) is 13.7 Å². The molecule has 1 aliphatic rings. The van der Waals surface area contributed by atoms with Crippen LogP contribution in [0.15, 0.2) is 56.8 Å². The number of rotatable bonds is 5. The maximum Gasteiger partial charge on any atom is 0.335 e. The first-order valence-electron chi connectivity index (χ1n) is 8.40. The van der Waals surface area contributed by atoms with E-state index in [0.717, 1.165) is 10.0 Å². The lowest BCUT2D eigenvalue weighted by atomic mass is 10.2. The number of aromatic carboxylic acids is 1. The van der Waals surface area contributed by atoms with Crippen molar-refractivity contribution < 1.29 is 19.4 Å². The van der Waals surface area contributed by atoms with E-state index >= 15 is 0 Å². The topological polar surface area (TPSA) is 79.2 Å². The van der Waals surface area contributed by atoms with E-state index < -0.39 is 5.97 Å². The summed E-state index contributed by atoms with van der Waals surface area (Å²) in [7, 11) is 1.59. The molecule has 1 saturated heterocycles. The number of ether oxygens (including phenoxy) is 1. The summed E-state index contributed by atoms with van der Waals surface area (Å²) in [4.78, 5) is 30.5. The molecular weight excluding hydrogens is 444 g/mol. The van der Waals surface area contributed by atoms with Gasteiger partial charge in [0.1, 0.15) is 5.75 Å². The van der Waals surface area contributed by atoms with Crippen LogP contribution < -0.4 is 4.74 Å². The van der Waals surface area contributed by atoms with E-state index in [1.54, 1.807) is 30.2 Å². The Morgan fingerprint density at radius 2 is 2.11 bits per heavy atom. The number of amides is 1. The van der Waals surface area contributed by atoms with Gasteiger partial charge in [-0.1, -0.05) is 12.1 Å². The van der Waals surface area contributed by atoms with Gasteiger partial charge in [-0.05, 0) is 76.6 Å². The number of halogens is 1. The summed E-state index contributed by atoms with van der Waals surface area (Å²) in [6.07, 6.45) is 1.80. The van der Waals surface area contributed by atoms with Crippen LogP contribution in [-0.4, -0.2) is 40.7 Å². The highest BCUT2D eigenvalue weighted by molar-refractivity contribution is 9.10. The van der Waals surface area contributed by atoms with Gasteiger partial charge in [-0.3, -0.25) is 9.69 Å². The van der Waals surface area contributed by atoms with Gasteiger partial charge in [0.25, 0.3) is 5.91 Å². The summed E-state index contributed by atoms with van der Waals surface area (Å²) in [6, 6.07) is 11.9. The smallest absolute Gasteiger partial charge is 0.335 e. The fraction of sp³-hybridized carbons (Fsp3) is 0.150.